The van der Waals surface area contributed by atoms with Crippen LogP contribution in [0.15, 0.2) is 0 Å². The first kappa shape index (κ1) is 15.0. The molecule has 0 aliphatic heterocycles. The van der Waals surface area contributed by atoms with Crippen LogP contribution in [-0.4, -0.2) is 29.6 Å². The quantitative estimate of drug-likeness (QED) is 0.687. The number of rotatable bonds is 5. The van der Waals surface area contributed by atoms with E-state index in [1.165, 1.54) is 0 Å². The molecule has 0 saturated heterocycles. The van der Waals surface area contributed by atoms with Gasteiger partial charge in [0.15, 0.2) is 0 Å². The summed E-state index contributed by atoms with van der Waals surface area (Å²) < 4.78 is 0. The second-order valence-electron chi connectivity index (χ2n) is 5.63. The van der Waals surface area contributed by atoms with Crippen molar-refractivity contribution in [3.63, 3.8) is 0 Å². The number of carbonyl (C=O) groups is 2. The Morgan fingerprint density at radius 1 is 1.28 bits per heavy atom. The molecule has 0 heterocycles. The Hall–Kier alpha value is -1.10. The van der Waals surface area contributed by atoms with Gasteiger partial charge in [-0.15, -0.1) is 0 Å². The van der Waals surface area contributed by atoms with Crippen LogP contribution < -0.4 is 11.1 Å². The van der Waals surface area contributed by atoms with Crippen LogP contribution in [-0.2, 0) is 9.59 Å². The standard InChI is InChI=1S/C13H24N2O3/c1-9(2)10(14)11(16)15-8-13(12(17)18)6-4-3-5-7-13/h9-10H,3-8,14H2,1-2H3,(H,15,16)(H,17,18)/t10-/m0/s1. The number of nitrogens with two attached hydrogens (primary N) is 1. The molecule has 1 amide bonds. The summed E-state index contributed by atoms with van der Waals surface area (Å²) in [5, 5.41) is 12.1. The summed E-state index contributed by atoms with van der Waals surface area (Å²) in [6, 6.07) is -0.570. The van der Waals surface area contributed by atoms with Crippen LogP contribution in [0.5, 0.6) is 0 Å². The van der Waals surface area contributed by atoms with E-state index in [9.17, 15) is 14.7 Å². The number of amides is 1. The zero-order valence-corrected chi connectivity index (χ0v) is 11.2. The summed E-state index contributed by atoms with van der Waals surface area (Å²) in [7, 11) is 0. The Morgan fingerprint density at radius 3 is 2.28 bits per heavy atom. The zero-order chi connectivity index (χ0) is 13.8. The zero-order valence-electron chi connectivity index (χ0n) is 11.2. The average Bonchev–Trinajstić information content (AvgIpc) is 2.35. The fourth-order valence-corrected chi connectivity index (χ4v) is 2.37. The maximum absolute atomic E-state index is 11.8. The van der Waals surface area contributed by atoms with Crippen LogP contribution in [0.2, 0.25) is 0 Å². The maximum atomic E-state index is 11.8. The van der Waals surface area contributed by atoms with Gasteiger partial charge in [0.2, 0.25) is 5.91 Å². The fraction of sp³-hybridized carbons (Fsp3) is 0.846. The molecule has 104 valence electrons. The second kappa shape index (κ2) is 6.18. The molecule has 5 heteroatoms. The number of carboxylic acids is 1. The SMILES string of the molecule is CC(C)[C@H](N)C(=O)NCC1(C(=O)O)CCCCC1. The summed E-state index contributed by atoms with van der Waals surface area (Å²) in [6.45, 7) is 3.94. The van der Waals surface area contributed by atoms with Crippen LogP contribution in [0.1, 0.15) is 46.0 Å². The van der Waals surface area contributed by atoms with Gasteiger partial charge in [-0.05, 0) is 18.8 Å². The molecule has 0 unspecified atom stereocenters. The van der Waals surface area contributed by atoms with Crippen molar-refractivity contribution in [1.82, 2.24) is 5.32 Å². The largest absolute Gasteiger partial charge is 0.481 e. The molecule has 1 rings (SSSR count). The molecule has 5 nitrogen and oxygen atoms in total. The summed E-state index contributed by atoms with van der Waals surface area (Å²) in [5.41, 5.74) is 4.95. The Bertz CT molecular complexity index is 309. The van der Waals surface area contributed by atoms with Crippen LogP contribution in [0.25, 0.3) is 0 Å². The minimum atomic E-state index is -0.805. The molecule has 1 aliphatic rings. The van der Waals surface area contributed by atoms with Gasteiger partial charge in [0.1, 0.15) is 0 Å². The number of carbonyl (C=O) groups excluding carboxylic acids is 1. The van der Waals surface area contributed by atoms with Crippen molar-refractivity contribution in [3.8, 4) is 0 Å². The Morgan fingerprint density at radius 2 is 1.83 bits per heavy atom. The van der Waals surface area contributed by atoms with Crippen molar-refractivity contribution in [2.24, 2.45) is 17.1 Å². The summed E-state index contributed by atoms with van der Waals surface area (Å²) in [4.78, 5) is 23.2. The minimum Gasteiger partial charge on any atom is -0.481 e. The number of hydrogen-bond acceptors (Lipinski definition) is 3. The Labute approximate surface area is 108 Å². The topological polar surface area (TPSA) is 92.4 Å². The van der Waals surface area contributed by atoms with Crippen molar-refractivity contribution in [2.45, 2.75) is 52.0 Å². The number of carboxylic acid groups (broad SMARTS) is 1. The molecule has 4 N–H and O–H groups in total. The van der Waals surface area contributed by atoms with E-state index in [0.717, 1.165) is 19.3 Å². The van der Waals surface area contributed by atoms with Crippen molar-refractivity contribution in [3.05, 3.63) is 0 Å². The number of nitrogens with one attached hydrogen (secondary N) is 1. The number of aliphatic carboxylic acids is 1. The highest BCUT2D eigenvalue weighted by molar-refractivity contribution is 5.83. The van der Waals surface area contributed by atoms with Gasteiger partial charge in [-0.1, -0.05) is 33.1 Å². The molecule has 1 saturated carbocycles. The van der Waals surface area contributed by atoms with Gasteiger partial charge < -0.3 is 16.2 Å². The third-order valence-electron chi connectivity index (χ3n) is 3.89. The normalized spacial score (nSPS) is 20.4. The van der Waals surface area contributed by atoms with Gasteiger partial charge in [-0.2, -0.15) is 0 Å². The average molecular weight is 256 g/mol. The van der Waals surface area contributed by atoms with Crippen LogP contribution in [0, 0.1) is 11.3 Å². The van der Waals surface area contributed by atoms with Crippen molar-refractivity contribution >= 4 is 11.9 Å². The van der Waals surface area contributed by atoms with E-state index in [4.69, 9.17) is 5.73 Å². The molecular weight excluding hydrogens is 232 g/mol. The lowest BCUT2D eigenvalue weighted by Gasteiger charge is -2.33. The number of hydrogen-bond donors (Lipinski definition) is 3. The van der Waals surface area contributed by atoms with E-state index in [1.807, 2.05) is 13.8 Å². The molecular formula is C13H24N2O3. The second-order valence-corrected chi connectivity index (χ2v) is 5.63. The first-order chi connectivity index (χ1) is 8.39. The first-order valence-electron chi connectivity index (χ1n) is 6.66. The van der Waals surface area contributed by atoms with E-state index < -0.39 is 17.4 Å². The molecule has 0 aromatic rings. The predicted octanol–water partition coefficient (Wildman–Crippen LogP) is 1.12. The Balaban J connectivity index is 2.58. The van der Waals surface area contributed by atoms with Gasteiger partial charge in [0.25, 0.3) is 0 Å². The molecule has 0 spiro atoms. The lowest BCUT2D eigenvalue weighted by Crippen LogP contribution is -2.50. The molecule has 0 aromatic carbocycles. The predicted molar refractivity (Wildman–Crippen MR) is 69.0 cm³/mol. The summed E-state index contributed by atoms with van der Waals surface area (Å²) in [5.74, 6) is -1.01. The molecule has 1 fully saturated rings. The molecule has 18 heavy (non-hydrogen) atoms. The van der Waals surface area contributed by atoms with Crippen LogP contribution >= 0.6 is 0 Å². The fourth-order valence-electron chi connectivity index (χ4n) is 2.37. The van der Waals surface area contributed by atoms with Gasteiger partial charge in [-0.3, -0.25) is 9.59 Å². The van der Waals surface area contributed by atoms with Crippen LogP contribution in [0.3, 0.4) is 0 Å². The highest BCUT2D eigenvalue weighted by Crippen LogP contribution is 2.36. The molecule has 0 aromatic heterocycles. The molecule has 1 aliphatic carbocycles. The van der Waals surface area contributed by atoms with Crippen molar-refractivity contribution in [2.75, 3.05) is 6.54 Å². The van der Waals surface area contributed by atoms with Gasteiger partial charge >= 0.3 is 5.97 Å². The smallest absolute Gasteiger partial charge is 0.311 e. The lowest BCUT2D eigenvalue weighted by atomic mass is 9.74. The molecule has 0 bridgehead atoms. The molecule has 0 radical (unpaired) electrons. The first-order valence-corrected chi connectivity index (χ1v) is 6.66. The monoisotopic (exact) mass is 256 g/mol. The van der Waals surface area contributed by atoms with Crippen molar-refractivity contribution in [1.29, 1.82) is 0 Å². The third kappa shape index (κ3) is 3.45. The Kier molecular flexibility index (Phi) is 5.14. The third-order valence-corrected chi connectivity index (χ3v) is 3.89. The van der Waals surface area contributed by atoms with E-state index in [-0.39, 0.29) is 18.4 Å². The van der Waals surface area contributed by atoms with Gasteiger partial charge in [0, 0.05) is 6.54 Å². The van der Waals surface area contributed by atoms with E-state index >= 15 is 0 Å². The molecule has 1 atom stereocenters. The van der Waals surface area contributed by atoms with Gasteiger partial charge in [0.05, 0.1) is 11.5 Å². The lowest BCUT2D eigenvalue weighted by molar-refractivity contribution is -0.151. The minimum absolute atomic E-state index is 0.0529. The maximum Gasteiger partial charge on any atom is 0.311 e. The van der Waals surface area contributed by atoms with Crippen molar-refractivity contribution < 1.29 is 14.7 Å². The van der Waals surface area contributed by atoms with Gasteiger partial charge in [-0.25, -0.2) is 0 Å². The highest BCUT2D eigenvalue weighted by atomic mass is 16.4. The van der Waals surface area contributed by atoms with E-state index in [1.54, 1.807) is 0 Å². The van der Waals surface area contributed by atoms with E-state index in [2.05, 4.69) is 5.32 Å². The summed E-state index contributed by atoms with van der Waals surface area (Å²) >= 11 is 0. The highest BCUT2D eigenvalue weighted by Gasteiger charge is 2.40. The van der Waals surface area contributed by atoms with Crippen LogP contribution in [0.4, 0.5) is 0 Å². The van der Waals surface area contributed by atoms with E-state index in [0.29, 0.717) is 12.8 Å². The summed E-state index contributed by atoms with van der Waals surface area (Å²) in [6.07, 6.45) is 4.18.